The molecule has 7 heteroatoms. The van der Waals surface area contributed by atoms with Crippen LogP contribution >= 0.6 is 11.3 Å². The summed E-state index contributed by atoms with van der Waals surface area (Å²) in [6, 6.07) is 2.10. The highest BCUT2D eigenvalue weighted by atomic mass is 32.1. The molecule has 0 N–H and O–H groups in total. The first-order chi connectivity index (χ1) is 12.0. The highest BCUT2D eigenvalue weighted by Gasteiger charge is 2.42. The molecule has 0 spiro atoms. The predicted octanol–water partition coefficient (Wildman–Crippen LogP) is 2.57. The minimum atomic E-state index is 0.0782. The van der Waals surface area contributed by atoms with Crippen molar-refractivity contribution in [3.63, 3.8) is 0 Å². The third-order valence-electron chi connectivity index (χ3n) is 5.20. The largest absolute Gasteiger partial charge is 0.356 e. The topological polar surface area (TPSA) is 62.2 Å². The first kappa shape index (κ1) is 16.4. The Hall–Kier alpha value is -2.02. The van der Waals surface area contributed by atoms with E-state index < -0.39 is 0 Å². The molecule has 1 amide bonds. The molecule has 0 radical (unpaired) electrons. The van der Waals surface area contributed by atoms with E-state index in [0.29, 0.717) is 23.4 Å². The number of aryl methyl sites for hydroxylation is 1. The van der Waals surface area contributed by atoms with E-state index in [1.54, 1.807) is 6.33 Å². The molecule has 0 aromatic carbocycles. The number of hydrogen-bond acceptors (Lipinski definition) is 6. The van der Waals surface area contributed by atoms with Gasteiger partial charge in [-0.05, 0) is 12.8 Å². The Bertz CT molecular complexity index is 775. The average molecular weight is 357 g/mol. The second-order valence-corrected chi connectivity index (χ2v) is 8.41. The van der Waals surface area contributed by atoms with Crippen molar-refractivity contribution in [1.29, 1.82) is 0 Å². The number of likely N-dealkylation sites (tertiary alicyclic amines) is 1. The van der Waals surface area contributed by atoms with E-state index in [9.17, 15) is 4.79 Å². The highest BCUT2D eigenvalue weighted by molar-refractivity contribution is 7.09. The molecule has 0 bridgehead atoms. The van der Waals surface area contributed by atoms with Crippen LogP contribution in [-0.2, 0) is 0 Å². The van der Waals surface area contributed by atoms with Crippen molar-refractivity contribution in [3.05, 3.63) is 34.2 Å². The Morgan fingerprint density at radius 3 is 2.52 bits per heavy atom. The quantitative estimate of drug-likeness (QED) is 0.845. The normalized spacial score (nSPS) is 22.7. The summed E-state index contributed by atoms with van der Waals surface area (Å²) in [4.78, 5) is 30.1. The molecule has 4 rings (SSSR count). The van der Waals surface area contributed by atoms with Crippen LogP contribution in [0, 0.1) is 18.8 Å². The third kappa shape index (κ3) is 3.13. The fourth-order valence-corrected chi connectivity index (χ4v) is 4.41. The third-order valence-corrected chi connectivity index (χ3v) is 5.97. The van der Waals surface area contributed by atoms with Crippen LogP contribution in [0.3, 0.4) is 0 Å². The van der Waals surface area contributed by atoms with Gasteiger partial charge in [-0.15, -0.1) is 11.3 Å². The zero-order valence-electron chi connectivity index (χ0n) is 14.8. The first-order valence-electron chi connectivity index (χ1n) is 8.79. The fourth-order valence-electron chi connectivity index (χ4n) is 3.82. The summed E-state index contributed by atoms with van der Waals surface area (Å²) < 4.78 is 0. The summed E-state index contributed by atoms with van der Waals surface area (Å²) in [5, 5.41) is 2.81. The maximum atomic E-state index is 12.6. The summed E-state index contributed by atoms with van der Waals surface area (Å²) in [6.07, 6.45) is 1.67. The van der Waals surface area contributed by atoms with E-state index in [2.05, 4.69) is 39.8 Å². The van der Waals surface area contributed by atoms with Gasteiger partial charge in [0.1, 0.15) is 17.8 Å². The molecular weight excluding hydrogens is 334 g/mol. The molecule has 0 aliphatic carbocycles. The molecule has 2 unspecified atom stereocenters. The van der Waals surface area contributed by atoms with Crippen molar-refractivity contribution >= 4 is 23.1 Å². The molecule has 2 aliphatic heterocycles. The minimum Gasteiger partial charge on any atom is -0.356 e. The molecule has 2 saturated heterocycles. The molecular formula is C18H23N5OS. The monoisotopic (exact) mass is 357 g/mol. The van der Waals surface area contributed by atoms with Crippen molar-refractivity contribution in [3.8, 4) is 0 Å². The lowest BCUT2D eigenvalue weighted by Gasteiger charge is -2.22. The van der Waals surface area contributed by atoms with E-state index in [0.717, 1.165) is 42.7 Å². The van der Waals surface area contributed by atoms with Crippen molar-refractivity contribution in [2.75, 3.05) is 31.1 Å². The smallest absolute Gasteiger partial charge is 0.273 e. The lowest BCUT2D eigenvalue weighted by Crippen LogP contribution is -2.33. The van der Waals surface area contributed by atoms with Gasteiger partial charge in [0.25, 0.3) is 5.91 Å². The minimum absolute atomic E-state index is 0.0782. The fraction of sp³-hybridized carbons (Fsp3) is 0.556. The highest BCUT2D eigenvalue weighted by Crippen LogP contribution is 2.34. The predicted molar refractivity (Wildman–Crippen MR) is 98.1 cm³/mol. The van der Waals surface area contributed by atoms with Crippen LogP contribution in [0.15, 0.2) is 17.8 Å². The van der Waals surface area contributed by atoms with Crippen LogP contribution in [0.1, 0.15) is 41.0 Å². The number of fused-ring (bicyclic) bond motifs is 1. The van der Waals surface area contributed by atoms with E-state index in [1.165, 1.54) is 11.3 Å². The Morgan fingerprint density at radius 1 is 1.20 bits per heavy atom. The van der Waals surface area contributed by atoms with E-state index >= 15 is 0 Å². The number of rotatable bonds is 3. The molecule has 2 aromatic rings. The molecule has 0 saturated carbocycles. The number of anilines is 1. The summed E-state index contributed by atoms with van der Waals surface area (Å²) in [6.45, 7) is 9.78. The van der Waals surface area contributed by atoms with Crippen molar-refractivity contribution in [1.82, 2.24) is 19.9 Å². The molecule has 132 valence electrons. The van der Waals surface area contributed by atoms with E-state index in [1.807, 2.05) is 17.2 Å². The van der Waals surface area contributed by atoms with Gasteiger partial charge in [-0.1, -0.05) is 13.8 Å². The summed E-state index contributed by atoms with van der Waals surface area (Å²) in [5.74, 6) is 2.52. The molecule has 25 heavy (non-hydrogen) atoms. The lowest BCUT2D eigenvalue weighted by molar-refractivity contribution is 0.0777. The Balaban J connectivity index is 1.42. The molecule has 4 heterocycles. The van der Waals surface area contributed by atoms with Gasteiger partial charge >= 0.3 is 0 Å². The number of nitrogens with zero attached hydrogens (tertiary/aromatic N) is 5. The van der Waals surface area contributed by atoms with E-state index in [4.69, 9.17) is 0 Å². The second kappa shape index (κ2) is 6.37. The van der Waals surface area contributed by atoms with Gasteiger partial charge in [0, 0.05) is 55.2 Å². The van der Waals surface area contributed by atoms with Crippen molar-refractivity contribution in [2.45, 2.75) is 26.7 Å². The van der Waals surface area contributed by atoms with Crippen molar-refractivity contribution < 1.29 is 4.79 Å². The molecule has 6 nitrogen and oxygen atoms in total. The Labute approximate surface area is 151 Å². The zero-order valence-corrected chi connectivity index (χ0v) is 15.7. The van der Waals surface area contributed by atoms with Crippen LogP contribution < -0.4 is 4.90 Å². The lowest BCUT2D eigenvalue weighted by atomic mass is 10.0. The molecule has 2 aliphatic rings. The number of hydrogen-bond donors (Lipinski definition) is 0. The Morgan fingerprint density at radius 2 is 1.92 bits per heavy atom. The first-order valence-corrected chi connectivity index (χ1v) is 9.67. The van der Waals surface area contributed by atoms with Crippen LogP contribution in [0.4, 0.5) is 5.82 Å². The maximum Gasteiger partial charge on any atom is 0.273 e. The van der Waals surface area contributed by atoms with Crippen molar-refractivity contribution in [2.24, 2.45) is 11.8 Å². The van der Waals surface area contributed by atoms with Gasteiger partial charge in [-0.3, -0.25) is 4.79 Å². The van der Waals surface area contributed by atoms with Gasteiger partial charge < -0.3 is 9.80 Å². The number of amides is 1. The molecule has 2 aromatic heterocycles. The molecule has 2 fully saturated rings. The van der Waals surface area contributed by atoms with Gasteiger partial charge in [0.2, 0.25) is 0 Å². The standard InChI is InChI=1S/C18H23N5OS/c1-11(2)15-4-17(20-10-19-15)22-5-13-7-23(8-14(13)6-22)18(24)16-9-25-12(3)21-16/h4,9-11,13-14H,5-8H2,1-3H3. The number of carbonyl (C=O) groups is 1. The summed E-state index contributed by atoms with van der Waals surface area (Å²) >= 11 is 1.53. The zero-order chi connectivity index (χ0) is 17.6. The van der Waals surface area contributed by atoms with Gasteiger partial charge in [0.05, 0.1) is 5.01 Å². The van der Waals surface area contributed by atoms with Crippen LogP contribution in [0.5, 0.6) is 0 Å². The number of thiazole rings is 1. The van der Waals surface area contributed by atoms with Gasteiger partial charge in [-0.25, -0.2) is 15.0 Å². The maximum absolute atomic E-state index is 12.6. The second-order valence-electron chi connectivity index (χ2n) is 7.34. The van der Waals surface area contributed by atoms with Crippen LogP contribution in [0.2, 0.25) is 0 Å². The summed E-state index contributed by atoms with van der Waals surface area (Å²) in [7, 11) is 0. The summed E-state index contributed by atoms with van der Waals surface area (Å²) in [5.41, 5.74) is 1.68. The van der Waals surface area contributed by atoms with Gasteiger partial charge in [0.15, 0.2) is 0 Å². The van der Waals surface area contributed by atoms with E-state index in [-0.39, 0.29) is 5.91 Å². The van der Waals surface area contributed by atoms with Crippen LogP contribution in [0.25, 0.3) is 0 Å². The Kier molecular flexibility index (Phi) is 4.19. The SMILES string of the molecule is Cc1nc(C(=O)N2CC3CN(c4cc(C(C)C)ncn4)CC3C2)cs1. The number of carbonyl (C=O) groups excluding carboxylic acids is 1. The molecule has 2 atom stereocenters. The van der Waals surface area contributed by atoms with Gasteiger partial charge in [-0.2, -0.15) is 0 Å². The number of aromatic nitrogens is 3. The average Bonchev–Trinajstić information content (AvgIpc) is 3.28. The van der Waals surface area contributed by atoms with Crippen LogP contribution in [-0.4, -0.2) is 51.9 Å².